The Morgan fingerprint density at radius 3 is 2.29 bits per heavy atom. The zero-order chi connectivity index (χ0) is 20.6. The highest BCUT2D eigenvalue weighted by atomic mass is 19.1. The van der Waals surface area contributed by atoms with Crippen LogP contribution in [0.4, 0.5) is 14.5 Å². The molecule has 0 spiro atoms. The van der Waals surface area contributed by atoms with Crippen LogP contribution in [0, 0.1) is 11.6 Å². The van der Waals surface area contributed by atoms with E-state index < -0.39 is 47.1 Å². The predicted molar refractivity (Wildman–Crippen MR) is 92.7 cm³/mol. The van der Waals surface area contributed by atoms with Crippen LogP contribution in [0.3, 0.4) is 0 Å². The van der Waals surface area contributed by atoms with E-state index in [9.17, 15) is 28.0 Å². The first-order chi connectivity index (χ1) is 13.2. The van der Waals surface area contributed by atoms with Gasteiger partial charge in [-0.05, 0) is 37.3 Å². The van der Waals surface area contributed by atoms with Crippen LogP contribution in [0.15, 0.2) is 36.4 Å². The number of fused-ring (bicyclic) bond motifs is 1. The van der Waals surface area contributed by atoms with Gasteiger partial charge in [-0.1, -0.05) is 6.07 Å². The van der Waals surface area contributed by atoms with E-state index in [1.807, 2.05) is 5.32 Å². The van der Waals surface area contributed by atoms with Crippen LogP contribution in [-0.4, -0.2) is 41.7 Å². The fourth-order valence-electron chi connectivity index (χ4n) is 2.61. The third-order valence-electron chi connectivity index (χ3n) is 4.19. The number of imide groups is 1. The summed E-state index contributed by atoms with van der Waals surface area (Å²) in [5.41, 5.74) is -0.496. The molecule has 0 aromatic heterocycles. The molecule has 2 aromatic carbocycles. The summed E-state index contributed by atoms with van der Waals surface area (Å²) in [6.07, 6.45) is -1.38. The average molecular weight is 388 g/mol. The average Bonchev–Trinajstić information content (AvgIpc) is 2.88. The van der Waals surface area contributed by atoms with Crippen molar-refractivity contribution >= 4 is 29.4 Å². The highest BCUT2D eigenvalue weighted by molar-refractivity contribution is 6.21. The maximum atomic E-state index is 13.6. The van der Waals surface area contributed by atoms with Gasteiger partial charge in [0, 0.05) is 7.05 Å². The lowest BCUT2D eigenvalue weighted by atomic mass is 10.1. The molecule has 28 heavy (non-hydrogen) atoms. The number of esters is 1. The van der Waals surface area contributed by atoms with E-state index in [1.165, 1.54) is 32.2 Å². The Labute approximate surface area is 157 Å². The summed E-state index contributed by atoms with van der Waals surface area (Å²) in [6.45, 7) is 1.22. The maximum Gasteiger partial charge on any atom is 0.338 e. The van der Waals surface area contributed by atoms with Gasteiger partial charge in [-0.25, -0.2) is 13.6 Å². The Kier molecular flexibility index (Phi) is 4.91. The minimum Gasteiger partial charge on any atom is -0.449 e. The molecule has 0 radical (unpaired) electrons. The van der Waals surface area contributed by atoms with Crippen LogP contribution in [0.25, 0.3) is 0 Å². The molecule has 0 aliphatic carbocycles. The lowest BCUT2D eigenvalue weighted by molar-refractivity contribution is -0.123. The number of halogens is 2. The molecule has 1 atom stereocenters. The summed E-state index contributed by atoms with van der Waals surface area (Å²) in [5.74, 6) is -4.87. The first-order valence-corrected chi connectivity index (χ1v) is 8.13. The Morgan fingerprint density at radius 1 is 1.04 bits per heavy atom. The van der Waals surface area contributed by atoms with E-state index in [2.05, 4.69) is 0 Å². The Bertz CT molecular complexity index is 1000. The normalized spacial score (nSPS) is 13.9. The van der Waals surface area contributed by atoms with Crippen LogP contribution in [0.2, 0.25) is 0 Å². The fourth-order valence-corrected chi connectivity index (χ4v) is 2.61. The topological polar surface area (TPSA) is 92.8 Å². The lowest BCUT2D eigenvalue weighted by Gasteiger charge is -2.14. The quantitative estimate of drug-likeness (QED) is 0.641. The van der Waals surface area contributed by atoms with E-state index in [1.54, 1.807) is 0 Å². The van der Waals surface area contributed by atoms with Crippen molar-refractivity contribution in [1.29, 1.82) is 0 Å². The number of carbonyl (C=O) groups excluding carboxylic acids is 4. The SMILES string of the molecule is CC(OC(=O)c1ccc2c(c1)C(=O)N(C)C2=O)C(=O)Nc1c(F)cccc1F. The predicted octanol–water partition coefficient (Wildman–Crippen LogP) is 2.37. The number of hydrogen-bond acceptors (Lipinski definition) is 5. The molecule has 1 unspecified atom stereocenters. The van der Waals surface area contributed by atoms with Crippen molar-refractivity contribution in [2.45, 2.75) is 13.0 Å². The summed E-state index contributed by atoms with van der Waals surface area (Å²) in [4.78, 5) is 49.1. The molecule has 144 valence electrons. The molecule has 1 aliphatic rings. The zero-order valence-corrected chi connectivity index (χ0v) is 14.8. The third kappa shape index (κ3) is 3.34. The van der Waals surface area contributed by atoms with Gasteiger partial charge in [-0.2, -0.15) is 0 Å². The standard InChI is InChI=1S/C19H14F2N2O5/c1-9(16(24)22-15-13(20)4-3-5-14(15)21)28-19(27)10-6-7-11-12(8-10)18(26)23(2)17(11)25/h3-9H,1-2H3,(H,22,24). The smallest absolute Gasteiger partial charge is 0.338 e. The van der Waals surface area contributed by atoms with Crippen LogP contribution in [0.1, 0.15) is 38.0 Å². The molecule has 0 fully saturated rings. The summed E-state index contributed by atoms with van der Waals surface area (Å²) in [6, 6.07) is 6.87. The van der Waals surface area contributed by atoms with E-state index in [-0.39, 0.29) is 16.7 Å². The molecule has 7 nitrogen and oxygen atoms in total. The Hall–Kier alpha value is -3.62. The van der Waals surface area contributed by atoms with Gasteiger partial charge in [-0.15, -0.1) is 0 Å². The summed E-state index contributed by atoms with van der Waals surface area (Å²) < 4.78 is 32.2. The van der Waals surface area contributed by atoms with Gasteiger partial charge in [0.25, 0.3) is 17.7 Å². The van der Waals surface area contributed by atoms with Crippen molar-refractivity contribution in [3.05, 3.63) is 64.7 Å². The van der Waals surface area contributed by atoms with Crippen molar-refractivity contribution in [3.63, 3.8) is 0 Å². The van der Waals surface area contributed by atoms with E-state index in [0.29, 0.717) is 0 Å². The number of benzene rings is 2. The van der Waals surface area contributed by atoms with Crippen LogP contribution >= 0.6 is 0 Å². The van der Waals surface area contributed by atoms with Gasteiger partial charge < -0.3 is 10.1 Å². The van der Waals surface area contributed by atoms with Crippen molar-refractivity contribution < 1.29 is 32.7 Å². The molecule has 1 aliphatic heterocycles. The second kappa shape index (κ2) is 7.18. The minimum atomic E-state index is -1.38. The van der Waals surface area contributed by atoms with Crippen molar-refractivity contribution in [1.82, 2.24) is 4.90 Å². The molecule has 1 heterocycles. The summed E-state index contributed by atoms with van der Waals surface area (Å²) >= 11 is 0. The highest BCUT2D eigenvalue weighted by Crippen LogP contribution is 2.23. The van der Waals surface area contributed by atoms with Gasteiger partial charge in [0.1, 0.15) is 17.3 Å². The number of ether oxygens (including phenoxy) is 1. The molecule has 0 bridgehead atoms. The Balaban J connectivity index is 1.72. The first-order valence-electron chi connectivity index (χ1n) is 8.13. The number of rotatable bonds is 4. The number of nitrogens with zero attached hydrogens (tertiary/aromatic N) is 1. The molecule has 1 N–H and O–H groups in total. The molecule has 9 heteroatoms. The number of para-hydroxylation sites is 1. The Morgan fingerprint density at radius 2 is 1.64 bits per heavy atom. The van der Waals surface area contributed by atoms with E-state index >= 15 is 0 Å². The summed E-state index contributed by atoms with van der Waals surface area (Å²) in [5, 5.41) is 2.02. The number of nitrogens with one attached hydrogen (secondary N) is 1. The fraction of sp³-hybridized carbons (Fsp3) is 0.158. The van der Waals surface area contributed by atoms with Gasteiger partial charge in [-0.3, -0.25) is 19.3 Å². The second-order valence-corrected chi connectivity index (χ2v) is 6.06. The van der Waals surface area contributed by atoms with Gasteiger partial charge in [0.05, 0.1) is 16.7 Å². The molecule has 0 saturated carbocycles. The third-order valence-corrected chi connectivity index (χ3v) is 4.19. The lowest BCUT2D eigenvalue weighted by Crippen LogP contribution is -2.30. The van der Waals surface area contributed by atoms with Crippen molar-refractivity contribution in [3.8, 4) is 0 Å². The van der Waals surface area contributed by atoms with Crippen LogP contribution < -0.4 is 5.32 Å². The maximum absolute atomic E-state index is 13.6. The molecule has 3 rings (SSSR count). The highest BCUT2D eigenvalue weighted by Gasteiger charge is 2.33. The van der Waals surface area contributed by atoms with Crippen molar-refractivity contribution in [2.24, 2.45) is 0 Å². The first kappa shape index (κ1) is 19.2. The largest absolute Gasteiger partial charge is 0.449 e. The number of anilines is 1. The monoisotopic (exact) mass is 388 g/mol. The van der Waals surface area contributed by atoms with Crippen molar-refractivity contribution in [2.75, 3.05) is 12.4 Å². The number of carbonyl (C=O) groups is 4. The van der Waals surface area contributed by atoms with E-state index in [4.69, 9.17) is 4.74 Å². The molecule has 0 saturated heterocycles. The van der Waals surface area contributed by atoms with Gasteiger partial charge in [0.2, 0.25) is 0 Å². The molecular weight excluding hydrogens is 374 g/mol. The summed E-state index contributed by atoms with van der Waals surface area (Å²) in [7, 11) is 1.32. The molecule has 2 aromatic rings. The van der Waals surface area contributed by atoms with Gasteiger partial charge >= 0.3 is 5.97 Å². The number of amides is 3. The van der Waals surface area contributed by atoms with Crippen LogP contribution in [0.5, 0.6) is 0 Å². The molecule has 3 amide bonds. The number of hydrogen-bond donors (Lipinski definition) is 1. The van der Waals surface area contributed by atoms with Gasteiger partial charge in [0.15, 0.2) is 6.10 Å². The zero-order valence-electron chi connectivity index (χ0n) is 14.8. The van der Waals surface area contributed by atoms with Crippen LogP contribution in [-0.2, 0) is 9.53 Å². The minimum absolute atomic E-state index is 0.0486. The molecular formula is C19H14F2N2O5. The second-order valence-electron chi connectivity index (χ2n) is 6.06. The van der Waals surface area contributed by atoms with E-state index in [0.717, 1.165) is 23.1 Å².